The maximum atomic E-state index is 11.8. The van der Waals surface area contributed by atoms with Crippen LogP contribution in [0.3, 0.4) is 0 Å². The van der Waals surface area contributed by atoms with Crippen LogP contribution in [0.1, 0.15) is 43.2 Å². The Hall–Kier alpha value is -2.38. The molecule has 138 valence electrons. The quantitative estimate of drug-likeness (QED) is 0.466. The number of rotatable bonds is 7. The Labute approximate surface area is 161 Å². The molecule has 0 unspecified atom stereocenters. The normalized spacial score (nSPS) is 10.4. The van der Waals surface area contributed by atoms with E-state index in [9.17, 15) is 9.59 Å². The summed E-state index contributed by atoms with van der Waals surface area (Å²) in [5.41, 5.74) is 1.11. The predicted octanol–water partition coefficient (Wildman–Crippen LogP) is 4.69. The summed E-state index contributed by atoms with van der Waals surface area (Å²) in [5, 5.41) is 15.1. The number of aromatic carboxylic acids is 1. The first-order valence-electron chi connectivity index (χ1n) is 8.14. The van der Waals surface area contributed by atoms with Crippen molar-refractivity contribution >= 4 is 46.5 Å². The highest BCUT2D eigenvalue weighted by atomic mass is 35.5. The highest BCUT2D eigenvalue weighted by Gasteiger charge is 2.14. The van der Waals surface area contributed by atoms with Crippen molar-refractivity contribution in [1.29, 1.82) is 0 Å². The number of hydrogen-bond donors (Lipinski definition) is 3. The number of benzene rings is 1. The number of amides is 1. The molecule has 8 heteroatoms. The van der Waals surface area contributed by atoms with Gasteiger partial charge in [-0.3, -0.25) is 4.79 Å². The monoisotopic (exact) mass is 394 g/mol. The molecule has 0 saturated heterocycles. The van der Waals surface area contributed by atoms with Crippen molar-refractivity contribution in [2.24, 2.45) is 0 Å². The molecule has 1 aromatic heterocycles. The molecule has 0 spiro atoms. The number of carboxylic acid groups (broad SMARTS) is 1. The van der Waals surface area contributed by atoms with Gasteiger partial charge < -0.3 is 20.2 Å². The molecular formula is C18H19ClN2O4S. The van der Waals surface area contributed by atoms with Crippen LogP contribution < -0.4 is 10.6 Å². The molecule has 1 aromatic carbocycles. The molecule has 6 nitrogen and oxygen atoms in total. The van der Waals surface area contributed by atoms with Gasteiger partial charge in [-0.25, -0.2) is 4.79 Å². The number of anilines is 1. The van der Waals surface area contributed by atoms with E-state index in [1.165, 1.54) is 12.1 Å². The molecule has 0 aliphatic rings. The summed E-state index contributed by atoms with van der Waals surface area (Å²) < 4.78 is 5.28. The van der Waals surface area contributed by atoms with E-state index in [1.54, 1.807) is 18.2 Å². The summed E-state index contributed by atoms with van der Waals surface area (Å²) in [6.45, 7) is 2.07. The molecule has 1 amide bonds. The van der Waals surface area contributed by atoms with Crippen LogP contribution in [0.2, 0.25) is 5.02 Å². The molecule has 0 atom stereocenters. The second kappa shape index (κ2) is 9.35. The van der Waals surface area contributed by atoms with Gasteiger partial charge in [0.25, 0.3) is 0 Å². The topological polar surface area (TPSA) is 91.6 Å². The van der Waals surface area contributed by atoms with Gasteiger partial charge in [0.15, 0.2) is 5.11 Å². The minimum absolute atomic E-state index is 0.137. The van der Waals surface area contributed by atoms with Gasteiger partial charge in [-0.05, 0) is 49.0 Å². The van der Waals surface area contributed by atoms with E-state index < -0.39 is 5.97 Å². The second-order valence-corrected chi connectivity index (χ2v) is 6.44. The Bertz CT molecular complexity index is 819. The third-order valence-corrected chi connectivity index (χ3v) is 4.10. The van der Waals surface area contributed by atoms with Crippen molar-refractivity contribution in [1.82, 2.24) is 5.32 Å². The van der Waals surface area contributed by atoms with Crippen molar-refractivity contribution in [3.05, 3.63) is 41.1 Å². The van der Waals surface area contributed by atoms with E-state index in [2.05, 4.69) is 17.6 Å². The average Bonchev–Trinajstić information content (AvgIpc) is 3.07. The summed E-state index contributed by atoms with van der Waals surface area (Å²) in [7, 11) is 0. The van der Waals surface area contributed by atoms with E-state index in [4.69, 9.17) is 33.3 Å². The van der Waals surface area contributed by atoms with Crippen LogP contribution in [0.4, 0.5) is 5.69 Å². The van der Waals surface area contributed by atoms with Crippen molar-refractivity contribution < 1.29 is 19.1 Å². The van der Waals surface area contributed by atoms with Gasteiger partial charge in [0, 0.05) is 17.7 Å². The molecule has 0 bridgehead atoms. The molecule has 26 heavy (non-hydrogen) atoms. The van der Waals surface area contributed by atoms with E-state index in [1.807, 2.05) is 0 Å². The summed E-state index contributed by atoms with van der Waals surface area (Å²) in [6, 6.07) is 7.89. The van der Waals surface area contributed by atoms with E-state index in [0.717, 1.165) is 19.3 Å². The first-order valence-corrected chi connectivity index (χ1v) is 8.93. The van der Waals surface area contributed by atoms with E-state index >= 15 is 0 Å². The van der Waals surface area contributed by atoms with Gasteiger partial charge in [0.05, 0.1) is 5.02 Å². The number of unbranched alkanes of at least 4 members (excludes halogenated alkanes) is 2. The van der Waals surface area contributed by atoms with Crippen LogP contribution in [0.5, 0.6) is 0 Å². The summed E-state index contributed by atoms with van der Waals surface area (Å²) in [6.07, 6.45) is 3.28. The highest BCUT2D eigenvalue weighted by Crippen LogP contribution is 2.32. The van der Waals surface area contributed by atoms with Crippen LogP contribution in [-0.2, 0) is 4.79 Å². The van der Waals surface area contributed by atoms with Crippen LogP contribution in [0, 0.1) is 0 Å². The molecule has 2 rings (SSSR count). The number of carboxylic acids is 1. The van der Waals surface area contributed by atoms with Gasteiger partial charge in [0.2, 0.25) is 11.7 Å². The Kier molecular flexibility index (Phi) is 7.17. The number of halogens is 1. The molecular weight excluding hydrogens is 376 g/mol. The van der Waals surface area contributed by atoms with Crippen LogP contribution in [0.25, 0.3) is 11.3 Å². The number of nitrogens with one attached hydrogen (secondary N) is 2. The summed E-state index contributed by atoms with van der Waals surface area (Å²) in [5.74, 6) is -1.15. The number of carbonyl (C=O) groups is 2. The fourth-order valence-corrected chi connectivity index (χ4v) is 2.72. The van der Waals surface area contributed by atoms with Crippen molar-refractivity contribution in [3.8, 4) is 11.3 Å². The lowest BCUT2D eigenvalue weighted by molar-refractivity contribution is -0.119. The number of hydrogen-bond acceptors (Lipinski definition) is 4. The Morgan fingerprint density at radius 1 is 1.23 bits per heavy atom. The summed E-state index contributed by atoms with van der Waals surface area (Å²) in [4.78, 5) is 22.7. The Morgan fingerprint density at radius 3 is 2.65 bits per heavy atom. The molecule has 0 fully saturated rings. The largest absolute Gasteiger partial charge is 0.475 e. The molecule has 0 radical (unpaired) electrons. The molecule has 0 saturated carbocycles. The first kappa shape index (κ1) is 19.9. The third kappa shape index (κ3) is 5.57. The number of carbonyl (C=O) groups excluding carboxylic acids is 1. The molecule has 3 N–H and O–H groups in total. The van der Waals surface area contributed by atoms with E-state index in [0.29, 0.717) is 28.5 Å². The average molecular weight is 395 g/mol. The Morgan fingerprint density at radius 2 is 2.00 bits per heavy atom. The minimum Gasteiger partial charge on any atom is -0.475 e. The lowest BCUT2D eigenvalue weighted by Crippen LogP contribution is -2.33. The van der Waals surface area contributed by atoms with Crippen molar-refractivity contribution in [2.75, 3.05) is 5.32 Å². The van der Waals surface area contributed by atoms with Crippen molar-refractivity contribution in [2.45, 2.75) is 32.6 Å². The first-order chi connectivity index (χ1) is 12.4. The van der Waals surface area contributed by atoms with Crippen molar-refractivity contribution in [3.63, 3.8) is 0 Å². The fourth-order valence-electron chi connectivity index (χ4n) is 2.28. The molecule has 0 aliphatic carbocycles. The fraction of sp³-hybridized carbons (Fsp3) is 0.278. The molecule has 1 heterocycles. The van der Waals surface area contributed by atoms with Gasteiger partial charge in [-0.2, -0.15) is 0 Å². The highest BCUT2D eigenvalue weighted by molar-refractivity contribution is 7.80. The van der Waals surface area contributed by atoms with E-state index in [-0.39, 0.29) is 16.8 Å². The maximum Gasteiger partial charge on any atom is 0.371 e. The molecule has 0 aliphatic heterocycles. The van der Waals surface area contributed by atoms with Gasteiger partial charge in [-0.1, -0.05) is 31.4 Å². The van der Waals surface area contributed by atoms with Crippen LogP contribution >= 0.6 is 23.8 Å². The smallest absolute Gasteiger partial charge is 0.371 e. The number of thiocarbonyl (C=S) groups is 1. The van der Waals surface area contributed by atoms with Crippen LogP contribution in [0.15, 0.2) is 34.7 Å². The predicted molar refractivity (Wildman–Crippen MR) is 105 cm³/mol. The third-order valence-electron chi connectivity index (χ3n) is 3.57. The van der Waals surface area contributed by atoms with Crippen LogP contribution in [-0.4, -0.2) is 22.1 Å². The second-order valence-electron chi connectivity index (χ2n) is 5.62. The zero-order chi connectivity index (χ0) is 19.1. The standard InChI is InChI=1S/C18H19ClN2O4S/c1-2-3-4-5-16(22)21-18(26)20-11-6-7-13(19)12(10-11)14-8-9-15(25-14)17(23)24/h6-10H,2-5H2,1H3,(H,23,24)(H2,20,21,22,26). The number of furan rings is 1. The van der Waals surface area contributed by atoms with Gasteiger partial charge in [0.1, 0.15) is 5.76 Å². The van der Waals surface area contributed by atoms with Gasteiger partial charge >= 0.3 is 5.97 Å². The van der Waals surface area contributed by atoms with Gasteiger partial charge in [-0.15, -0.1) is 0 Å². The summed E-state index contributed by atoms with van der Waals surface area (Å²) >= 11 is 11.3. The Balaban J connectivity index is 2.05. The zero-order valence-electron chi connectivity index (χ0n) is 14.2. The molecule has 2 aromatic rings. The SMILES string of the molecule is CCCCCC(=O)NC(=S)Nc1ccc(Cl)c(-c2ccc(C(=O)O)o2)c1. The lowest BCUT2D eigenvalue weighted by atomic mass is 10.1. The minimum atomic E-state index is -1.16. The lowest BCUT2D eigenvalue weighted by Gasteiger charge is -2.11. The maximum absolute atomic E-state index is 11.8. The zero-order valence-corrected chi connectivity index (χ0v) is 15.7.